The predicted molar refractivity (Wildman–Crippen MR) is 241 cm³/mol. The normalized spacial score (nSPS) is 12.2. The van der Waals surface area contributed by atoms with Gasteiger partial charge in [0.2, 0.25) is 0 Å². The monoisotopic (exact) mass is 814 g/mol. The molecule has 0 radical (unpaired) electrons. The number of benzene rings is 8. The molecule has 0 unspecified atom stereocenters. The summed E-state index contributed by atoms with van der Waals surface area (Å²) in [5.74, 6) is 0. The van der Waals surface area contributed by atoms with E-state index >= 15 is 0 Å². The lowest BCUT2D eigenvalue weighted by Crippen LogP contribution is -2.07. The van der Waals surface area contributed by atoms with Crippen LogP contribution < -0.4 is 0 Å². The highest BCUT2D eigenvalue weighted by Crippen LogP contribution is 2.48. The molecule has 0 bridgehead atoms. The molecular weight excluding hydrogens is 790 g/mol. The number of nitriles is 2. The van der Waals surface area contributed by atoms with Crippen molar-refractivity contribution in [2.45, 2.75) is 6.18 Å². The van der Waals surface area contributed by atoms with Crippen molar-refractivity contribution in [3.8, 4) is 34.6 Å². The van der Waals surface area contributed by atoms with Gasteiger partial charge in [-0.3, -0.25) is 0 Å². The van der Waals surface area contributed by atoms with Crippen molar-refractivity contribution in [3.63, 3.8) is 0 Å². The van der Waals surface area contributed by atoms with Gasteiger partial charge < -0.3 is 9.13 Å². The van der Waals surface area contributed by atoms with Crippen molar-refractivity contribution in [1.29, 1.82) is 10.5 Å². The number of alkyl halides is 3. The Balaban J connectivity index is 1.31. The second-order valence-corrected chi connectivity index (χ2v) is 17.1. The van der Waals surface area contributed by atoms with Gasteiger partial charge in [0.15, 0.2) is 0 Å². The summed E-state index contributed by atoms with van der Waals surface area (Å²) in [6.45, 7) is 0. The fourth-order valence-electron chi connectivity index (χ4n) is 9.24. The first-order chi connectivity index (χ1) is 29.3. The lowest BCUT2D eigenvalue weighted by molar-refractivity contribution is -0.137. The van der Waals surface area contributed by atoms with Crippen molar-refractivity contribution in [2.24, 2.45) is 0 Å². The van der Waals surface area contributed by atoms with Crippen LogP contribution in [0.4, 0.5) is 13.2 Å². The molecule has 282 valence electrons. The van der Waals surface area contributed by atoms with Gasteiger partial charge in [-0.1, -0.05) is 97.1 Å². The zero-order chi connectivity index (χ0) is 40.4. The maximum absolute atomic E-state index is 14.4. The van der Waals surface area contributed by atoms with Crippen LogP contribution in [0, 0.1) is 22.7 Å². The molecule has 0 fully saturated rings. The second-order valence-electron chi connectivity index (χ2n) is 15.0. The van der Waals surface area contributed by atoms with Gasteiger partial charge in [0, 0.05) is 58.1 Å². The summed E-state index contributed by atoms with van der Waals surface area (Å²) in [5, 5.41) is 29.6. The molecule has 0 amide bonds. The van der Waals surface area contributed by atoms with Gasteiger partial charge >= 0.3 is 6.18 Å². The number of para-hydroxylation sites is 2. The van der Waals surface area contributed by atoms with Crippen molar-refractivity contribution < 1.29 is 13.2 Å². The van der Waals surface area contributed by atoms with E-state index in [4.69, 9.17) is 0 Å². The maximum Gasteiger partial charge on any atom is 0.416 e. The fraction of sp³-hybridized carbons (Fsp3) is 0.0196. The van der Waals surface area contributed by atoms with Gasteiger partial charge in [0.05, 0.1) is 71.7 Å². The van der Waals surface area contributed by atoms with Crippen molar-refractivity contribution in [1.82, 2.24) is 9.13 Å². The Kier molecular flexibility index (Phi) is 7.23. The van der Waals surface area contributed by atoms with Crippen molar-refractivity contribution >= 4 is 107 Å². The lowest BCUT2D eigenvalue weighted by atomic mass is 9.95. The number of aromatic nitrogens is 2. The van der Waals surface area contributed by atoms with Gasteiger partial charge in [0.1, 0.15) is 0 Å². The second kappa shape index (κ2) is 12.5. The van der Waals surface area contributed by atoms with E-state index in [2.05, 4.69) is 88.0 Å². The molecule has 9 heteroatoms. The quantitative estimate of drug-likeness (QED) is 0.178. The summed E-state index contributed by atoms with van der Waals surface area (Å²) < 4.78 is 52.2. The summed E-state index contributed by atoms with van der Waals surface area (Å²) in [6.07, 6.45) is -4.71. The number of nitrogens with zero attached hydrogens (tertiary/aromatic N) is 4. The van der Waals surface area contributed by atoms with Crippen LogP contribution in [0.3, 0.4) is 0 Å². The molecule has 0 N–H and O–H groups in total. The Morgan fingerprint density at radius 2 is 0.950 bits per heavy atom. The van der Waals surface area contributed by atoms with Gasteiger partial charge in [-0.2, -0.15) is 23.7 Å². The molecule has 60 heavy (non-hydrogen) atoms. The van der Waals surface area contributed by atoms with Gasteiger partial charge in [-0.05, 0) is 60.2 Å². The molecule has 4 nitrogen and oxygen atoms in total. The molecule has 4 aromatic heterocycles. The van der Waals surface area contributed by atoms with Gasteiger partial charge in [-0.15, -0.1) is 22.7 Å². The molecule has 4 heterocycles. The molecule has 0 saturated heterocycles. The van der Waals surface area contributed by atoms with E-state index in [-0.39, 0.29) is 16.7 Å². The van der Waals surface area contributed by atoms with E-state index in [1.165, 1.54) is 6.07 Å². The molecule has 0 atom stereocenters. The first-order valence-corrected chi connectivity index (χ1v) is 20.8. The Labute approximate surface area is 347 Å². The molecule has 8 aromatic carbocycles. The summed E-state index contributed by atoms with van der Waals surface area (Å²) >= 11 is 3.42. The molecule has 0 aliphatic carbocycles. The van der Waals surface area contributed by atoms with Crippen LogP contribution in [0.1, 0.15) is 16.7 Å². The summed E-state index contributed by atoms with van der Waals surface area (Å²) in [7, 11) is 0. The topological polar surface area (TPSA) is 57.4 Å². The fourth-order valence-corrected chi connectivity index (χ4v) is 11.7. The zero-order valence-corrected chi connectivity index (χ0v) is 32.8. The van der Waals surface area contributed by atoms with E-state index in [0.717, 1.165) is 96.1 Å². The molecule has 12 aromatic rings. The van der Waals surface area contributed by atoms with E-state index in [9.17, 15) is 23.7 Å². The zero-order valence-electron chi connectivity index (χ0n) is 31.2. The Morgan fingerprint density at radius 3 is 1.47 bits per heavy atom. The molecular formula is C51H25F3N4S2. The van der Waals surface area contributed by atoms with Crippen LogP contribution in [0.2, 0.25) is 0 Å². The van der Waals surface area contributed by atoms with Gasteiger partial charge in [-0.25, -0.2) is 0 Å². The number of halogens is 3. The molecule has 12 rings (SSSR count). The van der Waals surface area contributed by atoms with E-state index < -0.39 is 11.7 Å². The highest BCUT2D eigenvalue weighted by Gasteiger charge is 2.32. The SMILES string of the molecule is N#Cc1cc(-c2cc(-n3c4ccccc4c4ccc5c6ccccc6sc5c43)c(-n3c4ccccc4c4ccc5c6ccccc6sc5c43)cc2C#N)cc(C(F)(F)F)c1. The number of thiophene rings is 2. The van der Waals surface area contributed by atoms with Crippen LogP contribution in [-0.2, 0) is 6.18 Å². The van der Waals surface area contributed by atoms with Crippen molar-refractivity contribution in [2.75, 3.05) is 0 Å². The highest BCUT2D eigenvalue weighted by atomic mass is 32.1. The smallest absolute Gasteiger partial charge is 0.306 e. The van der Waals surface area contributed by atoms with E-state index in [1.54, 1.807) is 22.7 Å². The number of hydrogen-bond donors (Lipinski definition) is 0. The Hall–Kier alpha value is -7.43. The first kappa shape index (κ1) is 34.6. The third-order valence-electron chi connectivity index (χ3n) is 11.8. The van der Waals surface area contributed by atoms with Crippen LogP contribution in [0.5, 0.6) is 0 Å². The summed E-state index contributed by atoms with van der Waals surface area (Å²) in [5.41, 5.74) is 4.65. The molecule has 0 saturated carbocycles. The minimum Gasteiger partial charge on any atom is -0.306 e. The Morgan fingerprint density at radius 1 is 0.467 bits per heavy atom. The molecule has 0 spiro atoms. The summed E-state index contributed by atoms with van der Waals surface area (Å²) in [6, 6.07) is 53.1. The summed E-state index contributed by atoms with van der Waals surface area (Å²) in [4.78, 5) is 0. The van der Waals surface area contributed by atoms with E-state index in [1.807, 2.05) is 66.7 Å². The third-order valence-corrected chi connectivity index (χ3v) is 14.2. The standard InChI is InChI=1S/C51H25F3N4S2/c52-51(53,54)31-22-28(26-55)21-29(23-31)40-25-44(58-42-14-6-2-10-33(42)37-18-20-39-35-12-4-8-16-46(35)60-50(39)48(37)58)43(24-30(40)27-56)57-41-13-5-1-9-32(41)36-17-19-38-34-11-3-7-15-45(34)59-49(38)47(36)57/h1-25H. The minimum absolute atomic E-state index is 0.132. The average Bonchev–Trinajstić information content (AvgIpc) is 4.03. The average molecular weight is 815 g/mol. The van der Waals surface area contributed by atoms with Crippen LogP contribution in [0.25, 0.3) is 106 Å². The number of fused-ring (bicyclic) bond motifs is 14. The molecule has 0 aliphatic rings. The highest BCUT2D eigenvalue weighted by molar-refractivity contribution is 7.27. The Bertz CT molecular complexity index is 3920. The minimum atomic E-state index is -4.71. The van der Waals surface area contributed by atoms with Crippen LogP contribution in [-0.4, -0.2) is 9.13 Å². The van der Waals surface area contributed by atoms with Gasteiger partial charge in [0.25, 0.3) is 0 Å². The lowest BCUT2D eigenvalue weighted by Gasteiger charge is -2.20. The molecule has 0 aliphatic heterocycles. The largest absolute Gasteiger partial charge is 0.416 e. The first-order valence-electron chi connectivity index (χ1n) is 19.2. The number of rotatable bonds is 3. The number of hydrogen-bond acceptors (Lipinski definition) is 4. The third kappa shape index (κ3) is 4.82. The van der Waals surface area contributed by atoms with E-state index in [0.29, 0.717) is 16.9 Å². The van der Waals surface area contributed by atoms with Crippen LogP contribution >= 0.6 is 22.7 Å². The van der Waals surface area contributed by atoms with Crippen molar-refractivity contribution in [3.05, 3.63) is 168 Å². The maximum atomic E-state index is 14.4. The van der Waals surface area contributed by atoms with Crippen LogP contribution in [0.15, 0.2) is 152 Å². The predicted octanol–water partition coefficient (Wildman–Crippen LogP) is 15.0.